The molecule has 8 heteroatoms. The van der Waals surface area contributed by atoms with Gasteiger partial charge in [-0.05, 0) is 24.3 Å². The van der Waals surface area contributed by atoms with Crippen LogP contribution in [0.5, 0.6) is 5.75 Å². The number of azo groups is 1. The Labute approximate surface area is 160 Å². The van der Waals surface area contributed by atoms with Gasteiger partial charge in [-0.3, -0.25) is 4.55 Å². The van der Waals surface area contributed by atoms with Gasteiger partial charge >= 0.3 is 29.6 Å². The summed E-state index contributed by atoms with van der Waals surface area (Å²) < 4.78 is 31.9. The minimum atomic E-state index is -4.38. The topological polar surface area (TPSA) is 99.3 Å². The van der Waals surface area contributed by atoms with Crippen LogP contribution in [0.2, 0.25) is 0 Å². The quantitative estimate of drug-likeness (QED) is 0.428. The van der Waals surface area contributed by atoms with Gasteiger partial charge in [-0.2, -0.15) is 8.42 Å². The van der Waals surface area contributed by atoms with E-state index in [0.717, 1.165) is 0 Å². The average Bonchev–Trinajstić information content (AvgIpc) is 2.54. The van der Waals surface area contributed by atoms with Crippen LogP contribution < -0.4 is 0 Å². The molecule has 0 atom stereocenters. The van der Waals surface area contributed by atoms with Crippen molar-refractivity contribution in [1.82, 2.24) is 0 Å². The number of hydrogen-bond donors (Lipinski definition) is 2. The first-order chi connectivity index (χ1) is 11.0. The van der Waals surface area contributed by atoms with Crippen LogP contribution in [0.3, 0.4) is 0 Å². The van der Waals surface area contributed by atoms with Gasteiger partial charge in [-0.25, -0.2) is 0 Å². The van der Waals surface area contributed by atoms with Gasteiger partial charge in [-0.15, -0.1) is 10.2 Å². The van der Waals surface area contributed by atoms with Crippen molar-refractivity contribution in [2.75, 3.05) is 0 Å². The number of rotatable bonds is 3. The van der Waals surface area contributed by atoms with Crippen molar-refractivity contribution in [3.05, 3.63) is 60.7 Å². The molecule has 118 valence electrons. The zero-order valence-electron chi connectivity index (χ0n) is 11.8. The summed E-state index contributed by atoms with van der Waals surface area (Å²) in [5.41, 5.74) is 0.510. The van der Waals surface area contributed by atoms with Crippen molar-refractivity contribution in [3.63, 3.8) is 0 Å². The predicted molar refractivity (Wildman–Crippen MR) is 93.2 cm³/mol. The molecule has 0 aliphatic carbocycles. The van der Waals surface area contributed by atoms with Crippen molar-refractivity contribution in [1.29, 1.82) is 0 Å². The van der Waals surface area contributed by atoms with E-state index in [-0.39, 0.29) is 45.9 Å². The van der Waals surface area contributed by atoms with Gasteiger partial charge < -0.3 is 5.11 Å². The summed E-state index contributed by atoms with van der Waals surface area (Å²) in [4.78, 5) is -0.313. The Kier molecular flexibility index (Phi) is 5.74. The first-order valence-electron chi connectivity index (χ1n) is 6.66. The van der Waals surface area contributed by atoms with Crippen molar-refractivity contribution in [2.24, 2.45) is 10.2 Å². The first-order valence-corrected chi connectivity index (χ1v) is 8.10. The molecule has 24 heavy (non-hydrogen) atoms. The molecule has 0 aliphatic rings. The number of benzene rings is 3. The summed E-state index contributed by atoms with van der Waals surface area (Å²) >= 11 is 0. The fourth-order valence-corrected chi connectivity index (χ4v) is 2.84. The second-order valence-electron chi connectivity index (χ2n) is 4.79. The molecule has 0 radical (unpaired) electrons. The number of hydrogen-bond acceptors (Lipinski definition) is 5. The van der Waals surface area contributed by atoms with Crippen LogP contribution in [0.1, 0.15) is 0 Å². The molecule has 0 bridgehead atoms. The predicted octanol–water partition coefficient (Wildman–Crippen LogP) is 3.56. The van der Waals surface area contributed by atoms with Gasteiger partial charge in [0.05, 0.1) is 5.69 Å². The number of phenolic OH excluding ortho intramolecular Hbond substituents is 1. The summed E-state index contributed by atoms with van der Waals surface area (Å²) in [5, 5.41) is 19.1. The van der Waals surface area contributed by atoms with Crippen LogP contribution >= 0.6 is 0 Å². The summed E-state index contributed by atoms with van der Waals surface area (Å²) in [7, 11) is -4.38. The third-order valence-electron chi connectivity index (χ3n) is 3.29. The third kappa shape index (κ3) is 3.82. The monoisotopic (exact) mass is 352 g/mol. The van der Waals surface area contributed by atoms with E-state index in [2.05, 4.69) is 10.2 Å². The van der Waals surface area contributed by atoms with E-state index in [1.807, 2.05) is 0 Å². The summed E-state index contributed by atoms with van der Waals surface area (Å²) in [5.74, 6) is 0.123. The number of aromatic hydroxyl groups is 1. The van der Waals surface area contributed by atoms with Crippen LogP contribution in [0.4, 0.5) is 11.4 Å². The molecule has 0 spiro atoms. The maximum absolute atomic E-state index is 11.3. The van der Waals surface area contributed by atoms with Crippen molar-refractivity contribution >= 4 is 61.8 Å². The van der Waals surface area contributed by atoms with Crippen LogP contribution in [-0.4, -0.2) is 47.6 Å². The molecule has 0 unspecified atom stereocenters. The molecular weight excluding hydrogens is 339 g/mol. The second kappa shape index (κ2) is 7.42. The Bertz CT molecular complexity index is 1020. The molecule has 6 nitrogen and oxygen atoms in total. The second-order valence-corrected chi connectivity index (χ2v) is 6.18. The summed E-state index contributed by atoms with van der Waals surface area (Å²) in [6, 6.07) is 15.9. The molecule has 0 aliphatic heterocycles. The SMILES string of the molecule is O=S(=O)(O)c1ccccc1N=Nc1ccc(O)c2ccccc12.[NaH]. The van der Waals surface area contributed by atoms with E-state index in [9.17, 15) is 18.1 Å². The fraction of sp³-hybridized carbons (Fsp3) is 0. The standard InChI is InChI=1S/C16H12N2O4S.Na.H/c19-15-10-9-13(11-5-1-2-6-12(11)15)17-18-14-7-3-4-8-16(14)23(20,21)22;;/h1-10,19H,(H,20,21,22);;. The molecule has 0 fully saturated rings. The zero-order valence-corrected chi connectivity index (χ0v) is 12.6. The number of nitrogens with zero attached hydrogens (tertiary/aromatic N) is 2. The van der Waals surface area contributed by atoms with Gasteiger partial charge in [0.15, 0.2) is 0 Å². The normalized spacial score (nSPS) is 11.5. The molecule has 0 saturated carbocycles. The van der Waals surface area contributed by atoms with E-state index < -0.39 is 10.1 Å². The fourth-order valence-electron chi connectivity index (χ4n) is 2.22. The van der Waals surface area contributed by atoms with E-state index >= 15 is 0 Å². The van der Waals surface area contributed by atoms with Crippen LogP contribution in [-0.2, 0) is 10.1 Å². The van der Waals surface area contributed by atoms with Gasteiger partial charge in [0.25, 0.3) is 10.1 Å². The molecule has 2 N–H and O–H groups in total. The molecule has 3 rings (SSSR count). The summed E-state index contributed by atoms with van der Waals surface area (Å²) in [6.07, 6.45) is 0. The Morgan fingerprint density at radius 3 is 2.04 bits per heavy atom. The Hall–Kier alpha value is -1.77. The molecule has 0 aromatic heterocycles. The van der Waals surface area contributed by atoms with Crippen LogP contribution in [0.15, 0.2) is 75.8 Å². The molecule has 0 saturated heterocycles. The van der Waals surface area contributed by atoms with Gasteiger partial charge in [0, 0.05) is 10.8 Å². The van der Waals surface area contributed by atoms with Crippen molar-refractivity contribution < 1.29 is 18.1 Å². The van der Waals surface area contributed by atoms with Crippen LogP contribution in [0.25, 0.3) is 10.8 Å². The molecule has 0 heterocycles. The Morgan fingerprint density at radius 2 is 1.33 bits per heavy atom. The molecule has 3 aromatic rings. The van der Waals surface area contributed by atoms with E-state index in [4.69, 9.17) is 0 Å². The van der Waals surface area contributed by atoms with E-state index in [0.29, 0.717) is 16.5 Å². The number of fused-ring (bicyclic) bond motifs is 1. The molecular formula is C16H13N2NaO4S. The minimum absolute atomic E-state index is 0. The average molecular weight is 352 g/mol. The van der Waals surface area contributed by atoms with E-state index in [1.54, 1.807) is 36.4 Å². The number of phenols is 1. The van der Waals surface area contributed by atoms with Gasteiger partial charge in [-0.1, -0.05) is 36.4 Å². The first kappa shape index (κ1) is 18.6. The maximum atomic E-state index is 11.3. The van der Waals surface area contributed by atoms with Crippen molar-refractivity contribution in [2.45, 2.75) is 4.90 Å². The Morgan fingerprint density at radius 1 is 0.750 bits per heavy atom. The van der Waals surface area contributed by atoms with Gasteiger partial charge in [0.1, 0.15) is 16.3 Å². The van der Waals surface area contributed by atoms with E-state index in [1.165, 1.54) is 24.3 Å². The third-order valence-corrected chi connectivity index (χ3v) is 4.19. The summed E-state index contributed by atoms with van der Waals surface area (Å²) in [6.45, 7) is 0. The zero-order chi connectivity index (χ0) is 16.4. The van der Waals surface area contributed by atoms with Crippen molar-refractivity contribution in [3.8, 4) is 5.75 Å². The Balaban J connectivity index is 0.00000208. The molecule has 3 aromatic carbocycles. The van der Waals surface area contributed by atoms with Gasteiger partial charge in [0.2, 0.25) is 0 Å². The van der Waals surface area contributed by atoms with Crippen LogP contribution in [0, 0.1) is 0 Å². The molecule has 0 amide bonds.